The highest BCUT2D eigenvalue weighted by Gasteiger charge is 2.17. The lowest BCUT2D eigenvalue weighted by Gasteiger charge is -2.25. The Morgan fingerprint density at radius 2 is 1.94 bits per heavy atom. The van der Waals surface area contributed by atoms with Crippen LogP contribution in [-0.4, -0.2) is 16.5 Å². The first-order valence-electron chi connectivity index (χ1n) is 6.60. The lowest BCUT2D eigenvalue weighted by Crippen LogP contribution is -2.23. The van der Waals surface area contributed by atoms with Gasteiger partial charge in [0.05, 0.1) is 0 Å². The van der Waals surface area contributed by atoms with Gasteiger partial charge < -0.3 is 10.7 Å². The van der Waals surface area contributed by atoms with E-state index in [0.29, 0.717) is 5.82 Å². The summed E-state index contributed by atoms with van der Waals surface area (Å²) >= 11 is 0. The molecule has 0 unspecified atom stereocenters. The number of nitrogens with two attached hydrogens (primary N) is 1. The normalized spacial score (nSPS) is 11.3. The molecule has 0 amide bonds. The Bertz CT molecular complexity index is 351. The molecule has 18 heavy (non-hydrogen) atoms. The van der Waals surface area contributed by atoms with Gasteiger partial charge in [-0.25, -0.2) is 15.8 Å². The van der Waals surface area contributed by atoms with E-state index in [0.717, 1.165) is 12.4 Å². The van der Waals surface area contributed by atoms with Gasteiger partial charge >= 0.3 is 0 Å². The van der Waals surface area contributed by atoms with Crippen molar-refractivity contribution < 1.29 is 0 Å². The Labute approximate surface area is 110 Å². The van der Waals surface area contributed by atoms with Gasteiger partial charge in [-0.15, -0.1) is 0 Å². The molecule has 0 saturated carbocycles. The summed E-state index contributed by atoms with van der Waals surface area (Å²) in [5.74, 6) is 6.74. The standard InChI is InChI=1S/C13H25N5/c1-4-5-6-7-13(2,3)9-15-11-8-12(18-14)17-10-16-11/h8,10H,4-7,9,14H2,1-3H3,(H2,15,16,17,18). The summed E-state index contributed by atoms with van der Waals surface area (Å²) in [6.07, 6.45) is 6.58. The molecule has 0 aromatic carbocycles. The van der Waals surface area contributed by atoms with Crippen LogP contribution < -0.4 is 16.6 Å². The average molecular weight is 251 g/mol. The monoisotopic (exact) mass is 251 g/mol. The zero-order valence-electron chi connectivity index (χ0n) is 11.7. The van der Waals surface area contributed by atoms with Crippen molar-refractivity contribution >= 4 is 11.6 Å². The maximum atomic E-state index is 5.31. The maximum absolute atomic E-state index is 5.31. The number of hydrogen-bond acceptors (Lipinski definition) is 5. The predicted octanol–water partition coefficient (Wildman–Crippen LogP) is 2.78. The molecule has 0 aliphatic heterocycles. The van der Waals surface area contributed by atoms with Crippen molar-refractivity contribution in [3.05, 3.63) is 12.4 Å². The molecule has 0 atom stereocenters. The van der Waals surface area contributed by atoms with Crippen LogP contribution in [0, 0.1) is 5.41 Å². The van der Waals surface area contributed by atoms with Crippen LogP contribution in [0.2, 0.25) is 0 Å². The fourth-order valence-electron chi connectivity index (χ4n) is 1.80. The molecule has 0 saturated heterocycles. The summed E-state index contributed by atoms with van der Waals surface area (Å²) in [6.45, 7) is 7.68. The van der Waals surface area contributed by atoms with Crippen molar-refractivity contribution in [2.45, 2.75) is 46.5 Å². The smallest absolute Gasteiger partial charge is 0.145 e. The Morgan fingerprint density at radius 1 is 1.22 bits per heavy atom. The van der Waals surface area contributed by atoms with Gasteiger partial charge in [0.25, 0.3) is 0 Å². The van der Waals surface area contributed by atoms with E-state index < -0.39 is 0 Å². The quantitative estimate of drug-likeness (QED) is 0.376. The van der Waals surface area contributed by atoms with Crippen LogP contribution in [0.25, 0.3) is 0 Å². The van der Waals surface area contributed by atoms with E-state index in [9.17, 15) is 0 Å². The highest BCUT2D eigenvalue weighted by molar-refractivity contribution is 5.45. The molecule has 5 heteroatoms. The van der Waals surface area contributed by atoms with Crippen molar-refractivity contribution in [1.82, 2.24) is 9.97 Å². The summed E-state index contributed by atoms with van der Waals surface area (Å²) in [6, 6.07) is 1.81. The lowest BCUT2D eigenvalue weighted by molar-refractivity contribution is 0.342. The number of aromatic nitrogens is 2. The Balaban J connectivity index is 2.42. The van der Waals surface area contributed by atoms with Crippen LogP contribution >= 0.6 is 0 Å². The minimum atomic E-state index is 0.274. The number of nitrogens with zero attached hydrogens (tertiary/aromatic N) is 2. The molecule has 0 radical (unpaired) electrons. The minimum Gasteiger partial charge on any atom is -0.369 e. The summed E-state index contributed by atoms with van der Waals surface area (Å²) in [5.41, 5.74) is 2.79. The first-order valence-corrected chi connectivity index (χ1v) is 6.60. The number of anilines is 2. The molecule has 5 nitrogen and oxygen atoms in total. The molecule has 1 heterocycles. The van der Waals surface area contributed by atoms with Crippen molar-refractivity contribution in [2.24, 2.45) is 11.3 Å². The lowest BCUT2D eigenvalue weighted by atomic mass is 9.87. The Morgan fingerprint density at radius 3 is 2.61 bits per heavy atom. The third kappa shape index (κ3) is 5.31. The van der Waals surface area contributed by atoms with Crippen LogP contribution in [0.4, 0.5) is 11.6 Å². The van der Waals surface area contributed by atoms with Gasteiger partial charge in [-0.05, 0) is 11.8 Å². The second-order valence-corrected chi connectivity index (χ2v) is 5.41. The Kier molecular flexibility index (Phi) is 5.85. The van der Waals surface area contributed by atoms with Crippen molar-refractivity contribution in [3.8, 4) is 0 Å². The third-order valence-electron chi connectivity index (χ3n) is 3.02. The molecule has 0 bridgehead atoms. The number of unbranched alkanes of at least 4 members (excludes halogenated alkanes) is 2. The molecule has 0 aliphatic carbocycles. The third-order valence-corrected chi connectivity index (χ3v) is 3.02. The zero-order valence-corrected chi connectivity index (χ0v) is 11.7. The van der Waals surface area contributed by atoms with E-state index in [1.54, 1.807) is 0 Å². The molecule has 1 rings (SSSR count). The zero-order chi connectivity index (χ0) is 13.4. The second-order valence-electron chi connectivity index (χ2n) is 5.41. The van der Waals surface area contributed by atoms with Gasteiger partial charge in [0.15, 0.2) is 0 Å². The summed E-state index contributed by atoms with van der Waals surface area (Å²) in [7, 11) is 0. The first-order chi connectivity index (χ1) is 8.57. The minimum absolute atomic E-state index is 0.274. The number of nitrogen functional groups attached to an aromatic ring is 1. The molecule has 1 aromatic heterocycles. The van der Waals surface area contributed by atoms with E-state index in [1.807, 2.05) is 6.07 Å². The van der Waals surface area contributed by atoms with Crippen molar-refractivity contribution in [1.29, 1.82) is 0 Å². The van der Waals surface area contributed by atoms with Crippen molar-refractivity contribution in [3.63, 3.8) is 0 Å². The number of hydrazine groups is 1. The summed E-state index contributed by atoms with van der Waals surface area (Å²) in [5, 5.41) is 3.34. The average Bonchev–Trinajstić information content (AvgIpc) is 2.37. The highest BCUT2D eigenvalue weighted by Crippen LogP contribution is 2.24. The fraction of sp³-hybridized carbons (Fsp3) is 0.692. The van der Waals surface area contributed by atoms with Crippen LogP contribution in [0.5, 0.6) is 0 Å². The largest absolute Gasteiger partial charge is 0.369 e. The molecule has 0 fully saturated rings. The van der Waals surface area contributed by atoms with E-state index >= 15 is 0 Å². The van der Waals surface area contributed by atoms with Gasteiger partial charge in [-0.1, -0.05) is 40.0 Å². The molecule has 4 N–H and O–H groups in total. The number of rotatable bonds is 8. The van der Waals surface area contributed by atoms with E-state index in [4.69, 9.17) is 5.84 Å². The molecular weight excluding hydrogens is 226 g/mol. The highest BCUT2D eigenvalue weighted by atomic mass is 15.3. The fourth-order valence-corrected chi connectivity index (χ4v) is 1.80. The van der Waals surface area contributed by atoms with Gasteiger partial charge in [-0.3, -0.25) is 0 Å². The Hall–Kier alpha value is -1.36. The van der Waals surface area contributed by atoms with E-state index in [-0.39, 0.29) is 5.41 Å². The summed E-state index contributed by atoms with van der Waals surface area (Å²) < 4.78 is 0. The summed E-state index contributed by atoms with van der Waals surface area (Å²) in [4.78, 5) is 8.14. The van der Waals surface area contributed by atoms with Crippen LogP contribution in [0.15, 0.2) is 12.4 Å². The molecule has 0 aliphatic rings. The maximum Gasteiger partial charge on any atom is 0.145 e. The molecule has 1 aromatic rings. The van der Waals surface area contributed by atoms with E-state index in [2.05, 4.69) is 41.5 Å². The first kappa shape index (κ1) is 14.7. The van der Waals surface area contributed by atoms with E-state index in [1.165, 1.54) is 32.0 Å². The SMILES string of the molecule is CCCCCC(C)(C)CNc1cc(NN)ncn1. The topological polar surface area (TPSA) is 75.9 Å². The number of nitrogens with one attached hydrogen (secondary N) is 2. The number of hydrogen-bond donors (Lipinski definition) is 3. The van der Waals surface area contributed by atoms with Gasteiger partial charge in [0.1, 0.15) is 18.0 Å². The van der Waals surface area contributed by atoms with Crippen molar-refractivity contribution in [2.75, 3.05) is 17.3 Å². The van der Waals surface area contributed by atoms with Gasteiger partial charge in [-0.2, -0.15) is 0 Å². The second kappa shape index (κ2) is 7.16. The predicted molar refractivity (Wildman–Crippen MR) is 76.3 cm³/mol. The molecular formula is C13H25N5. The van der Waals surface area contributed by atoms with Gasteiger partial charge in [0.2, 0.25) is 0 Å². The van der Waals surface area contributed by atoms with Gasteiger partial charge in [0, 0.05) is 12.6 Å². The molecule has 102 valence electrons. The molecule has 0 spiro atoms. The van der Waals surface area contributed by atoms with Crippen LogP contribution in [0.1, 0.15) is 46.5 Å². The van der Waals surface area contributed by atoms with Crippen LogP contribution in [0.3, 0.4) is 0 Å². The van der Waals surface area contributed by atoms with Crippen LogP contribution in [-0.2, 0) is 0 Å².